The summed E-state index contributed by atoms with van der Waals surface area (Å²) in [4.78, 5) is 31.3. The van der Waals surface area contributed by atoms with Crippen molar-refractivity contribution >= 4 is 27.3 Å². The predicted molar refractivity (Wildman–Crippen MR) is 118 cm³/mol. The van der Waals surface area contributed by atoms with Crippen LogP contribution in [0.4, 0.5) is 0 Å². The van der Waals surface area contributed by atoms with E-state index in [-0.39, 0.29) is 23.9 Å². The second-order valence-corrected chi connectivity index (χ2v) is 8.40. The van der Waals surface area contributed by atoms with Gasteiger partial charge in [0.25, 0.3) is 5.56 Å². The summed E-state index contributed by atoms with van der Waals surface area (Å²) >= 11 is 1.45. The van der Waals surface area contributed by atoms with Gasteiger partial charge in [-0.25, -0.2) is 4.98 Å². The number of hydrogen-bond donors (Lipinski definition) is 0. The lowest BCUT2D eigenvalue weighted by Gasteiger charge is -2.13. The summed E-state index contributed by atoms with van der Waals surface area (Å²) in [6.45, 7) is 8.13. The Hall–Kier alpha value is -2.99. The molecule has 5 nitrogen and oxygen atoms in total. The molecule has 6 heteroatoms. The number of rotatable bonds is 5. The van der Waals surface area contributed by atoms with E-state index in [4.69, 9.17) is 0 Å². The topological polar surface area (TPSA) is 56.9 Å². The minimum absolute atomic E-state index is 0.0196. The van der Waals surface area contributed by atoms with Crippen LogP contribution in [-0.4, -0.2) is 19.9 Å². The van der Waals surface area contributed by atoms with Crippen LogP contribution in [0.15, 0.2) is 52.9 Å². The molecule has 3 aromatic heterocycles. The van der Waals surface area contributed by atoms with E-state index in [1.807, 2.05) is 55.6 Å². The normalized spacial score (nSPS) is 11.5. The maximum atomic E-state index is 13.2. The smallest absolute Gasteiger partial charge is 0.263 e. The molecular formula is C23H23N3O2S. The van der Waals surface area contributed by atoms with Crippen molar-refractivity contribution in [2.24, 2.45) is 0 Å². The first-order valence-electron chi connectivity index (χ1n) is 9.62. The van der Waals surface area contributed by atoms with Crippen LogP contribution in [0.2, 0.25) is 0 Å². The molecule has 4 aromatic rings. The molecule has 4 rings (SSSR count). The molecule has 0 amide bonds. The van der Waals surface area contributed by atoms with Crippen molar-refractivity contribution in [3.63, 3.8) is 0 Å². The van der Waals surface area contributed by atoms with Crippen molar-refractivity contribution < 1.29 is 4.79 Å². The van der Waals surface area contributed by atoms with Gasteiger partial charge in [0.2, 0.25) is 0 Å². The highest BCUT2D eigenvalue weighted by atomic mass is 32.1. The number of hydrogen-bond acceptors (Lipinski definition) is 4. The van der Waals surface area contributed by atoms with Crippen molar-refractivity contribution in [2.75, 3.05) is 0 Å². The molecule has 148 valence electrons. The standard InChI is InChI=1S/C23H23N3O2S/c1-14(2)26-15(3)10-18(16(26)4)20(27)11-25-13-24-22-21(23(25)28)19(12-29-22)17-8-6-5-7-9-17/h5-10,12-14H,11H2,1-4H3. The zero-order chi connectivity index (χ0) is 20.7. The highest BCUT2D eigenvalue weighted by molar-refractivity contribution is 7.17. The zero-order valence-corrected chi connectivity index (χ0v) is 17.8. The molecular weight excluding hydrogens is 382 g/mol. The quantitative estimate of drug-likeness (QED) is 0.439. The number of carbonyl (C=O) groups excluding carboxylic acids is 1. The van der Waals surface area contributed by atoms with Crippen LogP contribution in [0.1, 0.15) is 41.6 Å². The van der Waals surface area contributed by atoms with Crippen LogP contribution < -0.4 is 5.56 Å². The number of nitrogens with zero attached hydrogens (tertiary/aromatic N) is 3. The Kier molecular flexibility index (Phi) is 4.96. The monoisotopic (exact) mass is 405 g/mol. The van der Waals surface area contributed by atoms with E-state index in [0.29, 0.717) is 15.8 Å². The number of aromatic nitrogens is 3. The summed E-state index contributed by atoms with van der Waals surface area (Å²) in [5, 5.41) is 2.53. The molecule has 0 saturated carbocycles. The summed E-state index contributed by atoms with van der Waals surface area (Å²) in [7, 11) is 0. The lowest BCUT2D eigenvalue weighted by molar-refractivity contribution is 0.0970. The Labute approximate surface area is 173 Å². The number of aryl methyl sites for hydroxylation is 1. The van der Waals surface area contributed by atoms with Gasteiger partial charge in [-0.2, -0.15) is 0 Å². The molecule has 3 heterocycles. The average molecular weight is 406 g/mol. The third kappa shape index (κ3) is 3.34. The first-order chi connectivity index (χ1) is 13.9. The molecule has 0 N–H and O–H groups in total. The van der Waals surface area contributed by atoms with Crippen molar-refractivity contribution in [3.8, 4) is 11.1 Å². The van der Waals surface area contributed by atoms with Crippen LogP contribution in [0.25, 0.3) is 21.3 Å². The molecule has 0 bridgehead atoms. The summed E-state index contributed by atoms with van der Waals surface area (Å²) in [5.41, 5.74) is 4.30. The molecule has 0 unspecified atom stereocenters. The Morgan fingerprint density at radius 2 is 1.90 bits per heavy atom. The first-order valence-corrected chi connectivity index (χ1v) is 10.5. The molecule has 0 aliphatic rings. The maximum Gasteiger partial charge on any atom is 0.263 e. The molecule has 0 fully saturated rings. The Balaban J connectivity index is 1.74. The Bertz CT molecular complexity index is 1260. The second kappa shape index (κ2) is 7.44. The highest BCUT2D eigenvalue weighted by Crippen LogP contribution is 2.30. The van der Waals surface area contributed by atoms with Gasteiger partial charge >= 0.3 is 0 Å². The number of carbonyl (C=O) groups is 1. The van der Waals surface area contributed by atoms with Crippen LogP contribution in [0.3, 0.4) is 0 Å². The van der Waals surface area contributed by atoms with E-state index in [0.717, 1.165) is 22.5 Å². The summed E-state index contributed by atoms with van der Waals surface area (Å²) in [5.74, 6) is -0.0789. The Morgan fingerprint density at radius 1 is 1.17 bits per heavy atom. The minimum Gasteiger partial charge on any atom is -0.346 e. The minimum atomic E-state index is -0.180. The highest BCUT2D eigenvalue weighted by Gasteiger charge is 2.19. The van der Waals surface area contributed by atoms with Gasteiger partial charge in [-0.15, -0.1) is 11.3 Å². The van der Waals surface area contributed by atoms with Gasteiger partial charge < -0.3 is 4.57 Å². The molecule has 0 spiro atoms. The van der Waals surface area contributed by atoms with Gasteiger partial charge in [-0.1, -0.05) is 30.3 Å². The number of benzene rings is 1. The zero-order valence-electron chi connectivity index (χ0n) is 17.0. The van der Waals surface area contributed by atoms with Crippen molar-refractivity contribution in [1.29, 1.82) is 0 Å². The van der Waals surface area contributed by atoms with Crippen molar-refractivity contribution in [2.45, 2.75) is 40.3 Å². The average Bonchev–Trinajstić information content (AvgIpc) is 3.26. The van der Waals surface area contributed by atoms with E-state index in [9.17, 15) is 9.59 Å². The third-order valence-corrected chi connectivity index (χ3v) is 6.15. The number of ketones is 1. The largest absolute Gasteiger partial charge is 0.346 e. The molecule has 0 radical (unpaired) electrons. The van der Waals surface area contributed by atoms with E-state index < -0.39 is 0 Å². The molecule has 0 saturated heterocycles. The summed E-state index contributed by atoms with van der Waals surface area (Å²) in [6, 6.07) is 12.0. The summed E-state index contributed by atoms with van der Waals surface area (Å²) < 4.78 is 3.56. The predicted octanol–water partition coefficient (Wildman–Crippen LogP) is 5.01. The lowest BCUT2D eigenvalue weighted by Crippen LogP contribution is -2.24. The van der Waals surface area contributed by atoms with E-state index in [1.165, 1.54) is 22.2 Å². The van der Waals surface area contributed by atoms with Crippen LogP contribution in [0.5, 0.6) is 0 Å². The van der Waals surface area contributed by atoms with Gasteiger partial charge in [-0.05, 0) is 39.3 Å². The SMILES string of the molecule is Cc1cc(C(=O)Cn2cnc3scc(-c4ccccc4)c3c2=O)c(C)n1C(C)C. The fraction of sp³-hybridized carbons (Fsp3) is 0.261. The van der Waals surface area contributed by atoms with Gasteiger partial charge in [0.15, 0.2) is 5.78 Å². The summed E-state index contributed by atoms with van der Waals surface area (Å²) in [6.07, 6.45) is 1.48. The fourth-order valence-electron chi connectivity index (χ4n) is 4.00. The second-order valence-electron chi connectivity index (χ2n) is 7.54. The van der Waals surface area contributed by atoms with Gasteiger partial charge in [0.05, 0.1) is 18.3 Å². The van der Waals surface area contributed by atoms with Crippen LogP contribution in [-0.2, 0) is 6.54 Å². The van der Waals surface area contributed by atoms with Gasteiger partial charge in [0, 0.05) is 33.9 Å². The van der Waals surface area contributed by atoms with Crippen LogP contribution >= 0.6 is 11.3 Å². The van der Waals surface area contributed by atoms with Gasteiger partial charge in [-0.3, -0.25) is 14.2 Å². The molecule has 0 aliphatic carbocycles. The maximum absolute atomic E-state index is 13.2. The lowest BCUT2D eigenvalue weighted by atomic mass is 10.1. The van der Waals surface area contributed by atoms with E-state index in [2.05, 4.69) is 23.4 Å². The van der Waals surface area contributed by atoms with E-state index >= 15 is 0 Å². The van der Waals surface area contributed by atoms with Crippen LogP contribution in [0, 0.1) is 13.8 Å². The molecule has 0 aliphatic heterocycles. The number of Topliss-reactive ketones (excluding diaryl/α,β-unsaturated/α-hetero) is 1. The Morgan fingerprint density at radius 3 is 2.55 bits per heavy atom. The van der Waals surface area contributed by atoms with Crippen molar-refractivity contribution in [1.82, 2.24) is 14.1 Å². The number of fused-ring (bicyclic) bond motifs is 1. The first kappa shape index (κ1) is 19.3. The molecule has 29 heavy (non-hydrogen) atoms. The molecule has 1 aromatic carbocycles. The molecule has 0 atom stereocenters. The fourth-order valence-corrected chi connectivity index (χ4v) is 4.91. The van der Waals surface area contributed by atoms with Gasteiger partial charge in [0.1, 0.15) is 4.83 Å². The van der Waals surface area contributed by atoms with Crippen molar-refractivity contribution in [3.05, 3.63) is 75.4 Å². The third-order valence-electron chi connectivity index (χ3n) is 5.26. The number of thiophene rings is 1. The van der Waals surface area contributed by atoms with E-state index in [1.54, 1.807) is 0 Å².